The van der Waals surface area contributed by atoms with Gasteiger partial charge in [0.2, 0.25) is 0 Å². The van der Waals surface area contributed by atoms with Gasteiger partial charge in [0, 0.05) is 31.2 Å². The Balaban J connectivity index is 2.16. The summed E-state index contributed by atoms with van der Waals surface area (Å²) < 4.78 is 0. The predicted molar refractivity (Wildman–Crippen MR) is 54.3 cm³/mol. The highest BCUT2D eigenvalue weighted by molar-refractivity contribution is 7.98. The largest absolute Gasteiger partial charge is 0.312 e. The third-order valence-corrected chi connectivity index (χ3v) is 2.17. The fourth-order valence-electron chi connectivity index (χ4n) is 0.908. The van der Waals surface area contributed by atoms with Gasteiger partial charge in [-0.3, -0.25) is 4.98 Å². The van der Waals surface area contributed by atoms with E-state index in [4.69, 9.17) is 0 Å². The summed E-state index contributed by atoms with van der Waals surface area (Å²) in [6, 6.07) is 4.07. The van der Waals surface area contributed by atoms with Crippen LogP contribution in [-0.2, 0) is 6.54 Å². The van der Waals surface area contributed by atoms with Gasteiger partial charge in [-0.15, -0.1) is 0 Å². The van der Waals surface area contributed by atoms with E-state index in [1.165, 1.54) is 11.3 Å². The lowest BCUT2D eigenvalue weighted by atomic mass is 10.3. The molecular formula is C9H14N2S. The third kappa shape index (κ3) is 3.74. The molecule has 0 radical (unpaired) electrons. The molecule has 0 aliphatic heterocycles. The first-order chi connectivity index (χ1) is 5.93. The Morgan fingerprint density at radius 3 is 2.83 bits per heavy atom. The molecule has 1 heterocycles. The molecule has 1 N–H and O–H groups in total. The summed E-state index contributed by atoms with van der Waals surface area (Å²) >= 11 is 1.86. The third-order valence-electron chi connectivity index (χ3n) is 1.56. The van der Waals surface area contributed by atoms with Crippen LogP contribution >= 0.6 is 11.8 Å². The number of thioether (sulfide) groups is 1. The van der Waals surface area contributed by atoms with Crippen LogP contribution in [0.3, 0.4) is 0 Å². The molecule has 0 amide bonds. The summed E-state index contributed by atoms with van der Waals surface area (Å²) in [5.41, 5.74) is 1.30. The highest BCUT2D eigenvalue weighted by atomic mass is 32.2. The van der Waals surface area contributed by atoms with Crippen molar-refractivity contribution in [3.8, 4) is 0 Å². The van der Waals surface area contributed by atoms with E-state index in [9.17, 15) is 0 Å². The van der Waals surface area contributed by atoms with E-state index in [1.54, 1.807) is 0 Å². The maximum absolute atomic E-state index is 3.96. The zero-order valence-electron chi connectivity index (χ0n) is 7.29. The molecule has 0 bridgehead atoms. The van der Waals surface area contributed by atoms with Crippen molar-refractivity contribution in [2.75, 3.05) is 18.6 Å². The Labute approximate surface area is 77.8 Å². The summed E-state index contributed by atoms with van der Waals surface area (Å²) in [6.07, 6.45) is 5.77. The average Bonchev–Trinajstić information content (AvgIpc) is 2.14. The first kappa shape index (κ1) is 9.55. The Morgan fingerprint density at radius 2 is 2.17 bits per heavy atom. The lowest BCUT2D eigenvalue weighted by Crippen LogP contribution is -2.16. The van der Waals surface area contributed by atoms with Gasteiger partial charge >= 0.3 is 0 Å². The van der Waals surface area contributed by atoms with E-state index >= 15 is 0 Å². The number of pyridine rings is 1. The molecule has 0 aliphatic rings. The van der Waals surface area contributed by atoms with Crippen LogP contribution in [0.5, 0.6) is 0 Å². The number of rotatable bonds is 5. The summed E-state index contributed by atoms with van der Waals surface area (Å²) in [5.74, 6) is 1.17. The predicted octanol–water partition coefficient (Wildman–Crippen LogP) is 1.53. The van der Waals surface area contributed by atoms with E-state index in [0.717, 1.165) is 13.1 Å². The van der Waals surface area contributed by atoms with Crippen LogP contribution in [0.2, 0.25) is 0 Å². The normalized spacial score (nSPS) is 10.1. The number of hydrogen-bond donors (Lipinski definition) is 1. The van der Waals surface area contributed by atoms with Crippen molar-refractivity contribution in [3.63, 3.8) is 0 Å². The van der Waals surface area contributed by atoms with Gasteiger partial charge in [-0.05, 0) is 24.0 Å². The van der Waals surface area contributed by atoms with Crippen LogP contribution in [0.4, 0.5) is 0 Å². The number of aromatic nitrogens is 1. The van der Waals surface area contributed by atoms with E-state index in [0.29, 0.717) is 0 Å². The maximum atomic E-state index is 3.96. The van der Waals surface area contributed by atoms with E-state index in [-0.39, 0.29) is 0 Å². The van der Waals surface area contributed by atoms with Gasteiger partial charge in [-0.1, -0.05) is 0 Å². The quantitative estimate of drug-likeness (QED) is 0.699. The molecule has 1 aromatic heterocycles. The molecule has 0 aliphatic carbocycles. The highest BCUT2D eigenvalue weighted by Crippen LogP contribution is 1.95. The molecule has 0 aromatic carbocycles. The minimum absolute atomic E-state index is 0.948. The number of hydrogen-bond acceptors (Lipinski definition) is 3. The maximum Gasteiger partial charge on any atom is 0.0271 e. The first-order valence-corrected chi connectivity index (χ1v) is 5.41. The summed E-state index contributed by atoms with van der Waals surface area (Å²) in [6.45, 7) is 2.02. The second-order valence-corrected chi connectivity index (χ2v) is 3.51. The Hall–Kier alpha value is -0.540. The van der Waals surface area contributed by atoms with Crippen molar-refractivity contribution in [1.29, 1.82) is 0 Å². The fourth-order valence-corrected chi connectivity index (χ4v) is 1.26. The second-order valence-electron chi connectivity index (χ2n) is 2.53. The average molecular weight is 182 g/mol. The van der Waals surface area contributed by atoms with Crippen LogP contribution in [-0.4, -0.2) is 23.5 Å². The lowest BCUT2D eigenvalue weighted by Gasteiger charge is -2.02. The van der Waals surface area contributed by atoms with Crippen molar-refractivity contribution in [2.24, 2.45) is 0 Å². The SMILES string of the molecule is CSCCNCc1ccncc1. The van der Waals surface area contributed by atoms with Gasteiger partial charge in [0.05, 0.1) is 0 Å². The first-order valence-electron chi connectivity index (χ1n) is 4.02. The lowest BCUT2D eigenvalue weighted by molar-refractivity contribution is 0.731. The van der Waals surface area contributed by atoms with E-state index < -0.39 is 0 Å². The monoisotopic (exact) mass is 182 g/mol. The minimum atomic E-state index is 0.948. The van der Waals surface area contributed by atoms with Gasteiger partial charge < -0.3 is 5.32 Å². The van der Waals surface area contributed by atoms with Crippen LogP contribution in [0.1, 0.15) is 5.56 Å². The van der Waals surface area contributed by atoms with Crippen LogP contribution in [0.15, 0.2) is 24.5 Å². The van der Waals surface area contributed by atoms with Crippen molar-refractivity contribution >= 4 is 11.8 Å². The molecule has 0 fully saturated rings. The van der Waals surface area contributed by atoms with Gasteiger partial charge in [0.15, 0.2) is 0 Å². The Kier molecular flexibility index (Phi) is 4.80. The molecule has 3 heteroatoms. The molecule has 66 valence electrons. The highest BCUT2D eigenvalue weighted by Gasteiger charge is 1.89. The van der Waals surface area contributed by atoms with E-state index in [1.807, 2.05) is 36.3 Å². The van der Waals surface area contributed by atoms with Crippen molar-refractivity contribution in [3.05, 3.63) is 30.1 Å². The van der Waals surface area contributed by atoms with Crippen LogP contribution in [0, 0.1) is 0 Å². The smallest absolute Gasteiger partial charge is 0.0271 e. The standard InChI is InChI=1S/C9H14N2S/c1-12-7-6-11-8-9-2-4-10-5-3-9/h2-5,11H,6-8H2,1H3. The van der Waals surface area contributed by atoms with Crippen molar-refractivity contribution in [2.45, 2.75) is 6.54 Å². The molecule has 0 unspecified atom stereocenters. The number of nitrogens with one attached hydrogen (secondary N) is 1. The van der Waals surface area contributed by atoms with Gasteiger partial charge in [0.25, 0.3) is 0 Å². The van der Waals surface area contributed by atoms with Crippen molar-refractivity contribution in [1.82, 2.24) is 10.3 Å². The minimum Gasteiger partial charge on any atom is -0.312 e. The number of nitrogens with zero attached hydrogens (tertiary/aromatic N) is 1. The summed E-state index contributed by atoms with van der Waals surface area (Å²) in [5, 5.41) is 3.35. The molecular weight excluding hydrogens is 168 g/mol. The zero-order valence-corrected chi connectivity index (χ0v) is 8.10. The molecule has 0 saturated carbocycles. The molecule has 0 atom stereocenters. The Morgan fingerprint density at radius 1 is 1.42 bits per heavy atom. The zero-order chi connectivity index (χ0) is 8.65. The van der Waals surface area contributed by atoms with Crippen LogP contribution < -0.4 is 5.32 Å². The Bertz CT molecular complexity index is 201. The van der Waals surface area contributed by atoms with Gasteiger partial charge in [0.1, 0.15) is 0 Å². The molecule has 0 saturated heterocycles. The topological polar surface area (TPSA) is 24.9 Å². The second kappa shape index (κ2) is 6.03. The molecule has 2 nitrogen and oxygen atoms in total. The summed E-state index contributed by atoms with van der Waals surface area (Å²) in [7, 11) is 0. The molecule has 0 spiro atoms. The molecule has 1 rings (SSSR count). The van der Waals surface area contributed by atoms with Crippen LogP contribution in [0.25, 0.3) is 0 Å². The summed E-state index contributed by atoms with van der Waals surface area (Å²) in [4.78, 5) is 3.96. The van der Waals surface area contributed by atoms with Crippen molar-refractivity contribution < 1.29 is 0 Å². The van der Waals surface area contributed by atoms with Gasteiger partial charge in [-0.25, -0.2) is 0 Å². The molecule has 1 aromatic rings. The van der Waals surface area contributed by atoms with E-state index in [2.05, 4.69) is 16.6 Å². The molecule has 12 heavy (non-hydrogen) atoms. The van der Waals surface area contributed by atoms with Gasteiger partial charge in [-0.2, -0.15) is 11.8 Å². The fraction of sp³-hybridized carbons (Fsp3) is 0.444.